The maximum Gasteiger partial charge on any atom is 0.234 e. The molecule has 144 valence electrons. The second-order valence-corrected chi connectivity index (χ2v) is 7.60. The quantitative estimate of drug-likeness (QED) is 0.604. The molecule has 1 aliphatic rings. The summed E-state index contributed by atoms with van der Waals surface area (Å²) < 4.78 is 28.3. The third-order valence-corrected chi connectivity index (χ3v) is 5.37. The number of thioether (sulfide) groups is 1. The van der Waals surface area contributed by atoms with Gasteiger partial charge in [0.2, 0.25) is 5.91 Å². The Bertz CT molecular complexity index is 989. The highest BCUT2D eigenvalue weighted by Crippen LogP contribution is 2.40. The fourth-order valence-corrected chi connectivity index (χ4v) is 3.61. The Labute approximate surface area is 165 Å². The molecule has 3 aromatic rings. The van der Waals surface area contributed by atoms with Gasteiger partial charge in [-0.2, -0.15) is 0 Å². The number of carbonyl (C=O) groups excluding carboxylic acids is 1. The van der Waals surface area contributed by atoms with E-state index in [2.05, 4.69) is 20.1 Å². The molecule has 8 heteroatoms. The fraction of sp³-hybridized carbons (Fsp3) is 0.250. The van der Waals surface area contributed by atoms with Crippen molar-refractivity contribution in [2.45, 2.75) is 30.5 Å². The third kappa shape index (κ3) is 4.39. The highest BCUT2D eigenvalue weighted by molar-refractivity contribution is 7.99. The molecule has 0 saturated heterocycles. The maximum atomic E-state index is 13.3. The van der Waals surface area contributed by atoms with Crippen LogP contribution in [0.15, 0.2) is 53.7 Å². The number of anilines is 1. The topological polar surface area (TPSA) is 59.8 Å². The van der Waals surface area contributed by atoms with Gasteiger partial charge in [-0.05, 0) is 30.5 Å². The van der Waals surface area contributed by atoms with E-state index in [1.165, 1.54) is 17.8 Å². The smallest absolute Gasteiger partial charge is 0.234 e. The van der Waals surface area contributed by atoms with Gasteiger partial charge >= 0.3 is 0 Å². The summed E-state index contributed by atoms with van der Waals surface area (Å²) in [6, 6.07) is 13.3. The Morgan fingerprint density at radius 2 is 1.89 bits per heavy atom. The molecule has 1 amide bonds. The second-order valence-electron chi connectivity index (χ2n) is 6.65. The van der Waals surface area contributed by atoms with E-state index in [1.54, 1.807) is 0 Å². The van der Waals surface area contributed by atoms with Crippen molar-refractivity contribution in [3.8, 4) is 0 Å². The minimum Gasteiger partial charge on any atom is -0.325 e. The molecule has 1 heterocycles. The number of benzene rings is 2. The standard InChI is InChI=1S/C20H18F2N4OS/c21-16-9-8-15(10-17(16)22)23-18(27)12-28-20-25-24-19(14-6-7-14)26(20)11-13-4-2-1-3-5-13/h1-5,8-10,14H,6-7,11-12H2,(H,23,27). The Kier molecular flexibility index (Phi) is 5.38. The van der Waals surface area contributed by atoms with Crippen LogP contribution < -0.4 is 5.32 Å². The summed E-state index contributed by atoms with van der Waals surface area (Å²) in [5, 5.41) is 11.8. The molecule has 0 unspecified atom stereocenters. The average Bonchev–Trinajstić information content (AvgIpc) is 3.46. The Hall–Kier alpha value is -2.74. The van der Waals surface area contributed by atoms with Crippen LogP contribution in [-0.2, 0) is 11.3 Å². The summed E-state index contributed by atoms with van der Waals surface area (Å²) in [6.45, 7) is 0.646. The van der Waals surface area contributed by atoms with Crippen molar-refractivity contribution < 1.29 is 13.6 Å². The lowest BCUT2D eigenvalue weighted by atomic mass is 10.2. The van der Waals surface area contributed by atoms with Crippen LogP contribution in [0, 0.1) is 11.6 Å². The number of nitrogens with zero attached hydrogens (tertiary/aromatic N) is 3. The van der Waals surface area contributed by atoms with Gasteiger partial charge in [0.1, 0.15) is 5.82 Å². The largest absolute Gasteiger partial charge is 0.325 e. The fourth-order valence-electron chi connectivity index (χ4n) is 2.87. The zero-order chi connectivity index (χ0) is 19.5. The van der Waals surface area contributed by atoms with E-state index in [-0.39, 0.29) is 17.3 Å². The third-order valence-electron chi connectivity index (χ3n) is 4.41. The number of aromatic nitrogens is 3. The van der Waals surface area contributed by atoms with Crippen LogP contribution in [0.2, 0.25) is 0 Å². The summed E-state index contributed by atoms with van der Waals surface area (Å²) in [5.74, 6) is -0.792. The van der Waals surface area contributed by atoms with E-state index in [0.29, 0.717) is 17.6 Å². The number of rotatable bonds is 7. The summed E-state index contributed by atoms with van der Waals surface area (Å²) in [5.41, 5.74) is 1.35. The van der Waals surface area contributed by atoms with Crippen LogP contribution in [-0.4, -0.2) is 26.4 Å². The molecule has 5 nitrogen and oxygen atoms in total. The van der Waals surface area contributed by atoms with Gasteiger partial charge in [-0.3, -0.25) is 4.79 Å². The lowest BCUT2D eigenvalue weighted by Gasteiger charge is -2.10. The van der Waals surface area contributed by atoms with Crippen molar-refractivity contribution in [2.75, 3.05) is 11.1 Å². The molecule has 0 spiro atoms. The van der Waals surface area contributed by atoms with Gasteiger partial charge in [-0.1, -0.05) is 42.1 Å². The van der Waals surface area contributed by atoms with Crippen molar-refractivity contribution >= 4 is 23.4 Å². The number of amides is 1. The number of nitrogens with one attached hydrogen (secondary N) is 1. The number of carbonyl (C=O) groups is 1. The highest BCUT2D eigenvalue weighted by Gasteiger charge is 2.30. The summed E-state index contributed by atoms with van der Waals surface area (Å²) in [4.78, 5) is 12.2. The van der Waals surface area contributed by atoms with E-state index < -0.39 is 11.6 Å². The van der Waals surface area contributed by atoms with E-state index in [0.717, 1.165) is 36.4 Å². The monoisotopic (exact) mass is 400 g/mol. The molecule has 1 fully saturated rings. The second kappa shape index (κ2) is 8.10. The van der Waals surface area contributed by atoms with Crippen LogP contribution in [0.5, 0.6) is 0 Å². The Morgan fingerprint density at radius 3 is 2.61 bits per heavy atom. The molecule has 2 aromatic carbocycles. The van der Waals surface area contributed by atoms with Gasteiger partial charge in [0, 0.05) is 17.7 Å². The number of halogens is 2. The van der Waals surface area contributed by atoms with Crippen molar-refractivity contribution in [1.82, 2.24) is 14.8 Å². The summed E-state index contributed by atoms with van der Waals surface area (Å²) in [7, 11) is 0. The van der Waals surface area contributed by atoms with Gasteiger partial charge < -0.3 is 9.88 Å². The van der Waals surface area contributed by atoms with Gasteiger partial charge in [0.15, 0.2) is 16.8 Å². The first-order valence-corrected chi connectivity index (χ1v) is 9.93. The van der Waals surface area contributed by atoms with Crippen LogP contribution in [0.1, 0.15) is 30.1 Å². The van der Waals surface area contributed by atoms with Gasteiger partial charge in [-0.25, -0.2) is 8.78 Å². The molecule has 1 N–H and O–H groups in total. The predicted molar refractivity (Wildman–Crippen MR) is 103 cm³/mol. The summed E-state index contributed by atoms with van der Waals surface area (Å²) >= 11 is 1.28. The zero-order valence-corrected chi connectivity index (χ0v) is 15.8. The van der Waals surface area contributed by atoms with Crippen LogP contribution in [0.3, 0.4) is 0 Å². The van der Waals surface area contributed by atoms with Crippen LogP contribution in [0.4, 0.5) is 14.5 Å². The van der Waals surface area contributed by atoms with Crippen molar-refractivity contribution in [3.05, 3.63) is 71.6 Å². The van der Waals surface area contributed by atoms with Crippen molar-refractivity contribution in [1.29, 1.82) is 0 Å². The van der Waals surface area contributed by atoms with Gasteiger partial charge in [0.25, 0.3) is 0 Å². The molecular formula is C20H18F2N4OS. The molecule has 1 aromatic heterocycles. The maximum absolute atomic E-state index is 13.3. The lowest BCUT2D eigenvalue weighted by molar-refractivity contribution is -0.113. The van der Waals surface area contributed by atoms with Gasteiger partial charge in [-0.15, -0.1) is 10.2 Å². The molecule has 28 heavy (non-hydrogen) atoms. The highest BCUT2D eigenvalue weighted by atomic mass is 32.2. The molecule has 0 atom stereocenters. The molecule has 0 bridgehead atoms. The minimum absolute atomic E-state index is 0.0938. The average molecular weight is 400 g/mol. The molecule has 1 aliphatic carbocycles. The first-order chi connectivity index (χ1) is 13.6. The molecule has 0 aliphatic heterocycles. The molecular weight excluding hydrogens is 382 g/mol. The van der Waals surface area contributed by atoms with Crippen LogP contribution in [0.25, 0.3) is 0 Å². The normalized spacial score (nSPS) is 13.5. The molecule has 1 saturated carbocycles. The molecule has 4 rings (SSSR count). The van der Waals surface area contributed by atoms with Crippen molar-refractivity contribution in [3.63, 3.8) is 0 Å². The lowest BCUT2D eigenvalue weighted by Crippen LogP contribution is -2.15. The number of hydrogen-bond donors (Lipinski definition) is 1. The van der Waals surface area contributed by atoms with E-state index in [9.17, 15) is 13.6 Å². The van der Waals surface area contributed by atoms with E-state index in [1.807, 2.05) is 30.3 Å². The Morgan fingerprint density at radius 1 is 1.11 bits per heavy atom. The predicted octanol–water partition coefficient (Wildman–Crippen LogP) is 4.21. The van der Waals surface area contributed by atoms with E-state index >= 15 is 0 Å². The number of hydrogen-bond acceptors (Lipinski definition) is 4. The van der Waals surface area contributed by atoms with Gasteiger partial charge in [0.05, 0.1) is 12.3 Å². The van der Waals surface area contributed by atoms with E-state index in [4.69, 9.17) is 0 Å². The molecule has 0 radical (unpaired) electrons. The summed E-state index contributed by atoms with van der Waals surface area (Å²) in [6.07, 6.45) is 2.21. The first kappa shape index (κ1) is 18.6. The first-order valence-electron chi connectivity index (χ1n) is 8.95. The Balaban J connectivity index is 1.44. The SMILES string of the molecule is O=C(CSc1nnc(C2CC2)n1Cc1ccccc1)Nc1ccc(F)c(F)c1. The zero-order valence-electron chi connectivity index (χ0n) is 14.9. The minimum atomic E-state index is -0.998. The van der Waals surface area contributed by atoms with Crippen molar-refractivity contribution in [2.24, 2.45) is 0 Å². The van der Waals surface area contributed by atoms with Crippen LogP contribution >= 0.6 is 11.8 Å².